The SMILES string of the molecule is CC(Cc1ccc(F)cc1)NC1CCOCC1. The first-order valence-electron chi connectivity index (χ1n) is 6.32. The fourth-order valence-corrected chi connectivity index (χ4v) is 2.30. The lowest BCUT2D eigenvalue weighted by Gasteiger charge is -2.26. The molecule has 0 radical (unpaired) electrons. The predicted molar refractivity (Wildman–Crippen MR) is 66.5 cm³/mol. The second-order valence-corrected chi connectivity index (χ2v) is 4.78. The van der Waals surface area contributed by atoms with E-state index in [1.165, 1.54) is 17.7 Å². The summed E-state index contributed by atoms with van der Waals surface area (Å²) in [4.78, 5) is 0. The minimum atomic E-state index is -0.168. The van der Waals surface area contributed by atoms with E-state index in [9.17, 15) is 4.39 Å². The van der Waals surface area contributed by atoms with Gasteiger partial charge in [0, 0.05) is 25.3 Å². The van der Waals surface area contributed by atoms with E-state index >= 15 is 0 Å². The summed E-state index contributed by atoms with van der Waals surface area (Å²) < 4.78 is 18.1. The van der Waals surface area contributed by atoms with E-state index in [0.29, 0.717) is 12.1 Å². The van der Waals surface area contributed by atoms with Gasteiger partial charge in [-0.1, -0.05) is 12.1 Å². The van der Waals surface area contributed by atoms with Gasteiger partial charge in [-0.25, -0.2) is 4.39 Å². The summed E-state index contributed by atoms with van der Waals surface area (Å²) in [5.41, 5.74) is 1.18. The smallest absolute Gasteiger partial charge is 0.123 e. The topological polar surface area (TPSA) is 21.3 Å². The maximum atomic E-state index is 12.8. The molecule has 1 atom stereocenters. The molecule has 1 aliphatic heterocycles. The van der Waals surface area contributed by atoms with Crippen LogP contribution in [0.2, 0.25) is 0 Å². The van der Waals surface area contributed by atoms with Crippen LogP contribution >= 0.6 is 0 Å². The summed E-state index contributed by atoms with van der Waals surface area (Å²) in [6.45, 7) is 3.90. The van der Waals surface area contributed by atoms with E-state index in [1.54, 1.807) is 0 Å². The lowest BCUT2D eigenvalue weighted by atomic mass is 10.0. The monoisotopic (exact) mass is 237 g/mol. The first-order chi connectivity index (χ1) is 8.24. The number of rotatable bonds is 4. The number of ether oxygens (including phenoxy) is 1. The Morgan fingerprint density at radius 1 is 1.29 bits per heavy atom. The standard InChI is InChI=1S/C14H20FNO/c1-11(16-14-6-8-17-9-7-14)10-12-2-4-13(15)5-3-12/h2-5,11,14,16H,6-10H2,1H3. The molecule has 3 heteroatoms. The average Bonchev–Trinajstić information content (AvgIpc) is 2.33. The van der Waals surface area contributed by atoms with Gasteiger partial charge in [0.05, 0.1) is 0 Å². The molecule has 94 valence electrons. The van der Waals surface area contributed by atoms with E-state index in [-0.39, 0.29) is 5.82 Å². The van der Waals surface area contributed by atoms with Crippen LogP contribution < -0.4 is 5.32 Å². The van der Waals surface area contributed by atoms with Crippen molar-refractivity contribution in [1.82, 2.24) is 5.32 Å². The minimum absolute atomic E-state index is 0.168. The fourth-order valence-electron chi connectivity index (χ4n) is 2.30. The molecular formula is C14H20FNO. The maximum Gasteiger partial charge on any atom is 0.123 e. The van der Waals surface area contributed by atoms with Crippen LogP contribution in [0.25, 0.3) is 0 Å². The van der Waals surface area contributed by atoms with Crippen molar-refractivity contribution in [3.63, 3.8) is 0 Å². The first kappa shape index (κ1) is 12.5. The summed E-state index contributed by atoms with van der Waals surface area (Å²) in [5, 5.41) is 3.61. The zero-order valence-electron chi connectivity index (χ0n) is 10.3. The molecule has 1 saturated heterocycles. The Kier molecular flexibility index (Phi) is 4.51. The quantitative estimate of drug-likeness (QED) is 0.869. The highest BCUT2D eigenvalue weighted by Gasteiger charge is 2.15. The van der Waals surface area contributed by atoms with Crippen molar-refractivity contribution >= 4 is 0 Å². The van der Waals surface area contributed by atoms with Crippen LogP contribution in [0.3, 0.4) is 0 Å². The van der Waals surface area contributed by atoms with Gasteiger partial charge in [0.15, 0.2) is 0 Å². The molecule has 0 aromatic heterocycles. The third-order valence-electron chi connectivity index (χ3n) is 3.20. The number of benzene rings is 1. The van der Waals surface area contributed by atoms with E-state index in [1.807, 2.05) is 12.1 Å². The Bertz CT molecular complexity index is 333. The molecule has 0 saturated carbocycles. The Hall–Kier alpha value is -0.930. The summed E-state index contributed by atoms with van der Waals surface area (Å²) in [5.74, 6) is -0.168. The van der Waals surface area contributed by atoms with E-state index in [4.69, 9.17) is 4.74 Å². The molecule has 1 unspecified atom stereocenters. The van der Waals surface area contributed by atoms with Gasteiger partial charge >= 0.3 is 0 Å². The van der Waals surface area contributed by atoms with Crippen LogP contribution in [0.4, 0.5) is 4.39 Å². The molecule has 0 bridgehead atoms. The van der Waals surface area contributed by atoms with Gasteiger partial charge in [0.2, 0.25) is 0 Å². The van der Waals surface area contributed by atoms with Crippen LogP contribution in [0, 0.1) is 5.82 Å². The molecule has 1 aromatic rings. The number of halogens is 1. The van der Waals surface area contributed by atoms with Crippen molar-refractivity contribution in [3.05, 3.63) is 35.6 Å². The number of hydrogen-bond acceptors (Lipinski definition) is 2. The van der Waals surface area contributed by atoms with Crippen LogP contribution in [0.15, 0.2) is 24.3 Å². The zero-order valence-corrected chi connectivity index (χ0v) is 10.3. The normalized spacial score (nSPS) is 19.2. The largest absolute Gasteiger partial charge is 0.381 e. The minimum Gasteiger partial charge on any atom is -0.381 e. The molecule has 1 heterocycles. The van der Waals surface area contributed by atoms with Crippen LogP contribution in [-0.2, 0) is 11.2 Å². The highest BCUT2D eigenvalue weighted by atomic mass is 19.1. The molecule has 17 heavy (non-hydrogen) atoms. The van der Waals surface area contributed by atoms with Gasteiger partial charge < -0.3 is 10.1 Å². The van der Waals surface area contributed by atoms with Gasteiger partial charge in [-0.3, -0.25) is 0 Å². The van der Waals surface area contributed by atoms with Gasteiger partial charge in [-0.15, -0.1) is 0 Å². The molecule has 1 aliphatic rings. The Balaban J connectivity index is 1.79. The Labute approximate surface area is 102 Å². The first-order valence-corrected chi connectivity index (χ1v) is 6.32. The van der Waals surface area contributed by atoms with Crippen LogP contribution in [-0.4, -0.2) is 25.3 Å². The highest BCUT2D eigenvalue weighted by Crippen LogP contribution is 2.10. The summed E-state index contributed by atoms with van der Waals surface area (Å²) in [7, 11) is 0. The van der Waals surface area contributed by atoms with E-state index in [0.717, 1.165) is 32.5 Å². The molecule has 0 aliphatic carbocycles. The summed E-state index contributed by atoms with van der Waals surface area (Å²) in [6.07, 6.45) is 3.12. The van der Waals surface area contributed by atoms with Crippen LogP contribution in [0.5, 0.6) is 0 Å². The van der Waals surface area contributed by atoms with Crippen molar-refractivity contribution in [1.29, 1.82) is 0 Å². The third-order valence-corrected chi connectivity index (χ3v) is 3.20. The molecule has 1 fully saturated rings. The van der Waals surface area contributed by atoms with Gasteiger partial charge in [-0.2, -0.15) is 0 Å². The highest BCUT2D eigenvalue weighted by molar-refractivity contribution is 5.17. The number of nitrogens with one attached hydrogen (secondary N) is 1. The van der Waals surface area contributed by atoms with Crippen molar-refractivity contribution in [2.75, 3.05) is 13.2 Å². The Morgan fingerprint density at radius 3 is 2.59 bits per heavy atom. The van der Waals surface area contributed by atoms with E-state index < -0.39 is 0 Å². The second kappa shape index (κ2) is 6.12. The molecular weight excluding hydrogens is 217 g/mol. The van der Waals surface area contributed by atoms with Crippen molar-refractivity contribution in [2.24, 2.45) is 0 Å². The van der Waals surface area contributed by atoms with Crippen molar-refractivity contribution in [3.8, 4) is 0 Å². The molecule has 0 spiro atoms. The van der Waals surface area contributed by atoms with Gasteiger partial charge in [0.25, 0.3) is 0 Å². The summed E-state index contributed by atoms with van der Waals surface area (Å²) >= 11 is 0. The summed E-state index contributed by atoms with van der Waals surface area (Å²) in [6, 6.07) is 7.75. The van der Waals surface area contributed by atoms with Gasteiger partial charge in [-0.05, 0) is 43.9 Å². The van der Waals surface area contributed by atoms with Gasteiger partial charge in [0.1, 0.15) is 5.82 Å². The molecule has 2 nitrogen and oxygen atoms in total. The van der Waals surface area contributed by atoms with Crippen molar-refractivity contribution in [2.45, 2.75) is 38.3 Å². The zero-order chi connectivity index (χ0) is 12.1. The molecule has 1 aromatic carbocycles. The van der Waals surface area contributed by atoms with E-state index in [2.05, 4.69) is 12.2 Å². The maximum absolute atomic E-state index is 12.8. The van der Waals surface area contributed by atoms with Crippen LogP contribution in [0.1, 0.15) is 25.3 Å². The number of hydrogen-bond donors (Lipinski definition) is 1. The third kappa shape index (κ3) is 4.10. The molecule has 1 N–H and O–H groups in total. The second-order valence-electron chi connectivity index (χ2n) is 4.78. The predicted octanol–water partition coefficient (Wildman–Crippen LogP) is 2.53. The lowest BCUT2D eigenvalue weighted by molar-refractivity contribution is 0.0755. The fraction of sp³-hybridized carbons (Fsp3) is 0.571. The van der Waals surface area contributed by atoms with Crippen molar-refractivity contribution < 1.29 is 9.13 Å². The lowest BCUT2D eigenvalue weighted by Crippen LogP contribution is -2.41. The Morgan fingerprint density at radius 2 is 1.94 bits per heavy atom. The molecule has 2 rings (SSSR count). The molecule has 0 amide bonds. The average molecular weight is 237 g/mol.